The third kappa shape index (κ3) is 3.97. The molecule has 2 amide bonds. The van der Waals surface area contributed by atoms with Crippen molar-refractivity contribution in [2.45, 2.75) is 41.0 Å². The lowest BCUT2D eigenvalue weighted by Gasteiger charge is -2.34. The van der Waals surface area contributed by atoms with Crippen LogP contribution < -0.4 is 10.9 Å². The lowest BCUT2D eigenvalue weighted by atomic mass is 9.92. The molecule has 9 nitrogen and oxygen atoms in total. The van der Waals surface area contributed by atoms with E-state index < -0.39 is 11.8 Å². The molecule has 0 radical (unpaired) electrons. The highest BCUT2D eigenvalue weighted by molar-refractivity contribution is 6.39. The Morgan fingerprint density at radius 2 is 1.82 bits per heavy atom. The number of nitrogens with one attached hydrogen (secondary N) is 2. The van der Waals surface area contributed by atoms with Crippen molar-refractivity contribution in [2.24, 2.45) is 11.8 Å². The molecule has 3 rings (SSSR count). The molecule has 9 heteroatoms. The number of aryl methyl sites for hydroxylation is 2. The molecule has 0 saturated carbocycles. The molecular formula is C19H26N6O3. The number of hydrogen-bond donors (Lipinski definition) is 2. The summed E-state index contributed by atoms with van der Waals surface area (Å²) in [6, 6.07) is 1.63. The van der Waals surface area contributed by atoms with Crippen molar-refractivity contribution in [1.29, 1.82) is 0 Å². The Morgan fingerprint density at radius 3 is 2.43 bits per heavy atom. The number of piperidine rings is 1. The average Bonchev–Trinajstić information content (AvgIpc) is 2.97. The van der Waals surface area contributed by atoms with Gasteiger partial charge >= 0.3 is 11.8 Å². The topological polar surface area (TPSA) is 113 Å². The first-order valence-corrected chi connectivity index (χ1v) is 9.40. The maximum absolute atomic E-state index is 12.6. The van der Waals surface area contributed by atoms with Gasteiger partial charge in [0.05, 0.1) is 5.69 Å². The number of nitrogens with zero attached hydrogens (tertiary/aromatic N) is 4. The van der Waals surface area contributed by atoms with E-state index in [1.165, 1.54) is 4.68 Å². The summed E-state index contributed by atoms with van der Waals surface area (Å²) in [5.74, 6) is -0.111. The summed E-state index contributed by atoms with van der Waals surface area (Å²) in [5, 5.41) is 6.90. The van der Waals surface area contributed by atoms with Gasteiger partial charge in [-0.25, -0.2) is 4.98 Å². The van der Waals surface area contributed by atoms with Crippen LogP contribution in [0.15, 0.2) is 10.9 Å². The molecule has 1 saturated heterocycles. The smallest absolute Gasteiger partial charge is 0.315 e. The van der Waals surface area contributed by atoms with Gasteiger partial charge in [-0.05, 0) is 39.0 Å². The fraction of sp³-hybridized carbons (Fsp3) is 0.526. The van der Waals surface area contributed by atoms with E-state index in [1.807, 2.05) is 0 Å². The van der Waals surface area contributed by atoms with Crippen LogP contribution >= 0.6 is 0 Å². The molecule has 150 valence electrons. The van der Waals surface area contributed by atoms with Crippen LogP contribution in [0.3, 0.4) is 0 Å². The number of carbonyl (C=O) groups excluding carboxylic acids is 2. The summed E-state index contributed by atoms with van der Waals surface area (Å²) in [4.78, 5) is 45.8. The van der Waals surface area contributed by atoms with E-state index in [-0.39, 0.29) is 17.3 Å². The second-order valence-electron chi connectivity index (χ2n) is 7.79. The highest BCUT2D eigenvalue weighted by Gasteiger charge is 2.30. The van der Waals surface area contributed by atoms with E-state index in [0.29, 0.717) is 41.9 Å². The van der Waals surface area contributed by atoms with Crippen LogP contribution in [-0.2, 0) is 9.59 Å². The van der Waals surface area contributed by atoms with Crippen LogP contribution in [0, 0.1) is 32.6 Å². The van der Waals surface area contributed by atoms with E-state index in [1.54, 1.807) is 31.7 Å². The standard InChI is InChI=1S/C19H26N6O3/c1-10-6-11(2)9-24(8-10)18(28)17(27)21-15-7-12(3)23-25(15)19-20-14(5)13(4)16(26)22-19/h7,10-11H,6,8-9H2,1-5H3,(H,21,27)(H,20,22,26). The van der Waals surface area contributed by atoms with E-state index in [0.717, 1.165) is 6.42 Å². The third-order valence-electron chi connectivity index (χ3n) is 5.01. The first-order valence-electron chi connectivity index (χ1n) is 9.40. The predicted octanol–water partition coefficient (Wildman–Crippen LogP) is 1.32. The Hall–Kier alpha value is -2.97. The number of likely N-dealkylation sites (tertiary alicyclic amines) is 1. The molecule has 0 spiro atoms. The minimum atomic E-state index is -0.728. The molecule has 2 aromatic heterocycles. The monoisotopic (exact) mass is 386 g/mol. The number of hydrogen-bond acceptors (Lipinski definition) is 5. The van der Waals surface area contributed by atoms with Crippen LogP contribution in [-0.4, -0.2) is 49.6 Å². The molecule has 0 bridgehead atoms. The Labute approximate surface area is 163 Å². The third-order valence-corrected chi connectivity index (χ3v) is 5.01. The maximum Gasteiger partial charge on any atom is 0.315 e. The highest BCUT2D eigenvalue weighted by Crippen LogP contribution is 2.21. The summed E-state index contributed by atoms with van der Waals surface area (Å²) >= 11 is 0. The number of rotatable bonds is 2. The van der Waals surface area contributed by atoms with Crippen LogP contribution in [0.2, 0.25) is 0 Å². The van der Waals surface area contributed by atoms with Crippen molar-refractivity contribution in [3.8, 4) is 5.95 Å². The van der Waals surface area contributed by atoms with Crippen LogP contribution in [0.5, 0.6) is 0 Å². The van der Waals surface area contributed by atoms with E-state index in [4.69, 9.17) is 0 Å². The van der Waals surface area contributed by atoms with Gasteiger partial charge in [0.2, 0.25) is 5.95 Å². The van der Waals surface area contributed by atoms with Gasteiger partial charge in [0.25, 0.3) is 5.56 Å². The zero-order valence-corrected chi connectivity index (χ0v) is 16.9. The zero-order chi connectivity index (χ0) is 20.6. The Balaban J connectivity index is 1.84. The molecule has 2 aromatic rings. The molecule has 3 heterocycles. The number of carbonyl (C=O) groups is 2. The van der Waals surface area contributed by atoms with E-state index >= 15 is 0 Å². The van der Waals surface area contributed by atoms with Gasteiger partial charge in [-0.3, -0.25) is 19.4 Å². The molecule has 2 atom stereocenters. The highest BCUT2D eigenvalue weighted by atomic mass is 16.2. The second-order valence-corrected chi connectivity index (χ2v) is 7.79. The van der Waals surface area contributed by atoms with Crippen molar-refractivity contribution in [2.75, 3.05) is 18.4 Å². The Morgan fingerprint density at radius 1 is 1.18 bits per heavy atom. The second kappa shape index (κ2) is 7.57. The maximum atomic E-state index is 12.6. The van der Waals surface area contributed by atoms with Crippen LogP contribution in [0.4, 0.5) is 5.82 Å². The summed E-state index contributed by atoms with van der Waals surface area (Å²) in [6.45, 7) is 10.5. The minimum Gasteiger partial charge on any atom is -0.334 e. The summed E-state index contributed by atoms with van der Waals surface area (Å²) in [7, 11) is 0. The molecule has 2 unspecified atom stereocenters. The van der Waals surface area contributed by atoms with Crippen LogP contribution in [0.25, 0.3) is 5.95 Å². The normalized spacial score (nSPS) is 19.5. The first-order chi connectivity index (χ1) is 13.2. The van der Waals surface area contributed by atoms with Crippen molar-refractivity contribution >= 4 is 17.6 Å². The van der Waals surface area contributed by atoms with Gasteiger partial charge in [-0.15, -0.1) is 0 Å². The number of amides is 2. The zero-order valence-electron chi connectivity index (χ0n) is 16.9. The summed E-state index contributed by atoms with van der Waals surface area (Å²) in [5.41, 5.74) is 1.42. The van der Waals surface area contributed by atoms with Gasteiger partial charge < -0.3 is 10.2 Å². The fourth-order valence-corrected chi connectivity index (χ4v) is 3.62. The largest absolute Gasteiger partial charge is 0.334 e. The van der Waals surface area contributed by atoms with Crippen LogP contribution in [0.1, 0.15) is 37.2 Å². The van der Waals surface area contributed by atoms with Gasteiger partial charge in [0.1, 0.15) is 5.82 Å². The molecule has 1 fully saturated rings. The van der Waals surface area contributed by atoms with E-state index in [2.05, 4.69) is 34.2 Å². The lowest BCUT2D eigenvalue weighted by Crippen LogP contribution is -2.47. The van der Waals surface area contributed by atoms with E-state index in [9.17, 15) is 14.4 Å². The fourth-order valence-electron chi connectivity index (χ4n) is 3.62. The summed E-state index contributed by atoms with van der Waals surface area (Å²) < 4.78 is 1.33. The minimum absolute atomic E-state index is 0.184. The molecule has 0 aliphatic carbocycles. The molecule has 1 aliphatic heterocycles. The SMILES string of the molecule is Cc1cc(NC(=O)C(=O)N2CC(C)CC(C)C2)n(-c2nc(C)c(C)c(=O)[nH]2)n1. The van der Waals surface area contributed by atoms with Gasteiger partial charge in [0.15, 0.2) is 0 Å². The number of anilines is 1. The average molecular weight is 386 g/mol. The Bertz CT molecular complexity index is 967. The van der Waals surface area contributed by atoms with Gasteiger partial charge in [-0.2, -0.15) is 9.78 Å². The lowest BCUT2D eigenvalue weighted by molar-refractivity contribution is -0.145. The number of H-pyrrole nitrogens is 1. The summed E-state index contributed by atoms with van der Waals surface area (Å²) in [6.07, 6.45) is 1.04. The van der Waals surface area contributed by atoms with Crippen molar-refractivity contribution in [1.82, 2.24) is 24.6 Å². The molecular weight excluding hydrogens is 360 g/mol. The van der Waals surface area contributed by atoms with Crippen molar-refractivity contribution in [3.05, 3.63) is 33.4 Å². The predicted molar refractivity (Wildman–Crippen MR) is 104 cm³/mol. The molecule has 0 aromatic carbocycles. The molecule has 1 aliphatic rings. The molecule has 2 N–H and O–H groups in total. The van der Waals surface area contributed by atoms with Crippen molar-refractivity contribution < 1.29 is 9.59 Å². The number of aromatic nitrogens is 4. The van der Waals surface area contributed by atoms with Crippen molar-refractivity contribution in [3.63, 3.8) is 0 Å². The molecule has 28 heavy (non-hydrogen) atoms. The first kappa shape index (κ1) is 19.8. The Kier molecular flexibility index (Phi) is 5.35. The van der Waals surface area contributed by atoms with Gasteiger partial charge in [0, 0.05) is 30.4 Å². The van der Waals surface area contributed by atoms with Gasteiger partial charge in [-0.1, -0.05) is 13.8 Å². The number of aromatic amines is 1. The quantitative estimate of drug-likeness (QED) is 0.756.